The molecule has 0 saturated carbocycles. The number of nitrogens with zero attached hydrogens (tertiary/aromatic N) is 2. The van der Waals surface area contributed by atoms with E-state index in [1.165, 1.54) is 0 Å². The van der Waals surface area contributed by atoms with Gasteiger partial charge < -0.3 is 14.7 Å². The lowest BCUT2D eigenvalue weighted by molar-refractivity contribution is 0.0185. The van der Waals surface area contributed by atoms with Crippen molar-refractivity contribution in [2.24, 2.45) is 0 Å². The Kier molecular flexibility index (Phi) is 4.12. The van der Waals surface area contributed by atoms with E-state index in [-0.39, 0.29) is 11.7 Å². The number of rotatable bonds is 2. The first-order chi connectivity index (χ1) is 10.1. The summed E-state index contributed by atoms with van der Waals surface area (Å²) in [4.78, 5) is 16.9. The van der Waals surface area contributed by atoms with Crippen molar-refractivity contribution in [3.8, 4) is 5.75 Å². The third-order valence-electron chi connectivity index (χ3n) is 4.46. The molecular weight excluding hydrogens is 268 g/mol. The Balaban J connectivity index is 1.64. The lowest BCUT2D eigenvalue weighted by Gasteiger charge is -2.32. The van der Waals surface area contributed by atoms with E-state index in [0.717, 1.165) is 51.4 Å². The number of carbonyl (C=O) groups excluding carboxylic acids is 1. The normalized spacial score (nSPS) is 23.5. The average molecular weight is 290 g/mol. The zero-order valence-corrected chi connectivity index (χ0v) is 12.4. The molecule has 114 valence electrons. The van der Waals surface area contributed by atoms with Crippen LogP contribution in [0, 0.1) is 6.92 Å². The van der Waals surface area contributed by atoms with Crippen molar-refractivity contribution in [1.82, 2.24) is 9.80 Å². The molecule has 3 rings (SSSR count). The maximum absolute atomic E-state index is 12.5. The second-order valence-electron chi connectivity index (χ2n) is 5.84. The molecule has 1 aromatic rings. The number of hydrogen-bond acceptors (Lipinski definition) is 4. The summed E-state index contributed by atoms with van der Waals surface area (Å²) in [6.07, 6.45) is 1.03. The first-order valence-corrected chi connectivity index (χ1v) is 7.56. The summed E-state index contributed by atoms with van der Waals surface area (Å²) < 4.78 is 5.38. The third-order valence-corrected chi connectivity index (χ3v) is 4.46. The number of phenolic OH excluding ortho intramolecular Hbond substituents is 1. The molecule has 2 aliphatic rings. The van der Waals surface area contributed by atoms with Crippen LogP contribution in [0.15, 0.2) is 18.2 Å². The van der Waals surface area contributed by atoms with E-state index in [1.807, 2.05) is 11.8 Å². The Morgan fingerprint density at radius 3 is 2.76 bits per heavy atom. The molecule has 0 bridgehead atoms. The topological polar surface area (TPSA) is 53.0 Å². The number of aryl methyl sites for hydroxylation is 1. The Bertz CT molecular complexity index is 526. The molecule has 0 aliphatic carbocycles. The molecule has 1 N–H and O–H groups in total. The number of ether oxygens (including phenoxy) is 1. The van der Waals surface area contributed by atoms with Gasteiger partial charge in [-0.2, -0.15) is 0 Å². The van der Waals surface area contributed by atoms with Crippen molar-refractivity contribution in [2.45, 2.75) is 19.4 Å². The van der Waals surface area contributed by atoms with E-state index >= 15 is 0 Å². The Morgan fingerprint density at radius 1 is 1.29 bits per heavy atom. The molecule has 2 aliphatic heterocycles. The Labute approximate surface area is 125 Å². The molecule has 0 aromatic heterocycles. The second kappa shape index (κ2) is 6.03. The SMILES string of the molecule is Cc1cc(C(=O)N2CCC(N3CCOCC3)C2)ccc1O. The first-order valence-electron chi connectivity index (χ1n) is 7.56. The summed E-state index contributed by atoms with van der Waals surface area (Å²) in [5.41, 5.74) is 1.40. The number of amides is 1. The second-order valence-corrected chi connectivity index (χ2v) is 5.84. The molecule has 0 spiro atoms. The molecule has 1 amide bonds. The molecule has 2 heterocycles. The van der Waals surface area contributed by atoms with Crippen LogP contribution >= 0.6 is 0 Å². The van der Waals surface area contributed by atoms with Crippen LogP contribution < -0.4 is 0 Å². The predicted molar refractivity (Wildman–Crippen MR) is 79.5 cm³/mol. The van der Waals surface area contributed by atoms with Crippen LogP contribution in [0.1, 0.15) is 22.3 Å². The van der Waals surface area contributed by atoms with Crippen LogP contribution in [0.3, 0.4) is 0 Å². The highest BCUT2D eigenvalue weighted by atomic mass is 16.5. The molecule has 1 atom stereocenters. The van der Waals surface area contributed by atoms with Crippen LogP contribution in [0.5, 0.6) is 5.75 Å². The quantitative estimate of drug-likeness (QED) is 0.890. The van der Waals surface area contributed by atoms with Crippen molar-refractivity contribution in [3.63, 3.8) is 0 Å². The summed E-state index contributed by atoms with van der Waals surface area (Å²) in [5.74, 6) is 0.299. The summed E-state index contributed by atoms with van der Waals surface area (Å²) in [6, 6.07) is 5.51. The van der Waals surface area contributed by atoms with E-state index in [0.29, 0.717) is 11.6 Å². The van der Waals surface area contributed by atoms with Gasteiger partial charge in [0.1, 0.15) is 5.75 Å². The number of morpholine rings is 1. The number of likely N-dealkylation sites (tertiary alicyclic amines) is 1. The van der Waals surface area contributed by atoms with Gasteiger partial charge in [0.15, 0.2) is 0 Å². The van der Waals surface area contributed by atoms with Crippen LogP contribution in [0.25, 0.3) is 0 Å². The molecule has 2 fully saturated rings. The number of phenols is 1. The maximum Gasteiger partial charge on any atom is 0.253 e. The van der Waals surface area contributed by atoms with Gasteiger partial charge >= 0.3 is 0 Å². The van der Waals surface area contributed by atoms with Crippen molar-refractivity contribution in [1.29, 1.82) is 0 Å². The van der Waals surface area contributed by atoms with Gasteiger partial charge in [-0.3, -0.25) is 9.69 Å². The molecule has 5 nitrogen and oxygen atoms in total. The Hall–Kier alpha value is -1.59. The van der Waals surface area contributed by atoms with E-state index in [4.69, 9.17) is 4.74 Å². The zero-order valence-electron chi connectivity index (χ0n) is 12.4. The van der Waals surface area contributed by atoms with E-state index in [9.17, 15) is 9.90 Å². The fraction of sp³-hybridized carbons (Fsp3) is 0.562. The van der Waals surface area contributed by atoms with Gasteiger partial charge in [-0.05, 0) is 37.1 Å². The zero-order chi connectivity index (χ0) is 14.8. The van der Waals surface area contributed by atoms with Crippen LogP contribution in [-0.2, 0) is 4.74 Å². The highest BCUT2D eigenvalue weighted by molar-refractivity contribution is 5.94. The summed E-state index contributed by atoms with van der Waals surface area (Å²) in [7, 11) is 0. The van der Waals surface area contributed by atoms with Crippen LogP contribution in [-0.4, -0.2) is 66.2 Å². The fourth-order valence-corrected chi connectivity index (χ4v) is 3.14. The molecule has 2 saturated heterocycles. The predicted octanol–water partition coefficient (Wildman–Crippen LogP) is 1.25. The van der Waals surface area contributed by atoms with Gasteiger partial charge in [-0.15, -0.1) is 0 Å². The van der Waals surface area contributed by atoms with E-state index < -0.39 is 0 Å². The largest absolute Gasteiger partial charge is 0.508 e. The molecule has 5 heteroatoms. The summed E-state index contributed by atoms with van der Waals surface area (Å²) in [6.45, 7) is 6.92. The van der Waals surface area contributed by atoms with Gasteiger partial charge in [0.2, 0.25) is 0 Å². The molecule has 1 unspecified atom stereocenters. The standard InChI is InChI=1S/C16H22N2O3/c1-12-10-13(2-3-15(12)19)16(20)18-5-4-14(11-18)17-6-8-21-9-7-17/h2-3,10,14,19H,4-9,11H2,1H3. The van der Waals surface area contributed by atoms with Gasteiger partial charge in [-0.25, -0.2) is 0 Å². The van der Waals surface area contributed by atoms with Crippen molar-refractivity contribution in [3.05, 3.63) is 29.3 Å². The Morgan fingerprint density at radius 2 is 2.05 bits per heavy atom. The maximum atomic E-state index is 12.5. The monoisotopic (exact) mass is 290 g/mol. The number of aromatic hydroxyl groups is 1. The lowest BCUT2D eigenvalue weighted by atomic mass is 10.1. The summed E-state index contributed by atoms with van der Waals surface area (Å²) in [5, 5.41) is 9.56. The number of carbonyl (C=O) groups is 1. The smallest absolute Gasteiger partial charge is 0.253 e. The average Bonchev–Trinajstić information content (AvgIpc) is 3.00. The number of benzene rings is 1. The minimum absolute atomic E-state index is 0.0638. The van der Waals surface area contributed by atoms with Gasteiger partial charge in [-0.1, -0.05) is 0 Å². The van der Waals surface area contributed by atoms with Crippen LogP contribution in [0.2, 0.25) is 0 Å². The lowest BCUT2D eigenvalue weighted by Crippen LogP contribution is -2.45. The minimum Gasteiger partial charge on any atom is -0.508 e. The molecular formula is C16H22N2O3. The molecule has 0 radical (unpaired) electrons. The highest BCUT2D eigenvalue weighted by Gasteiger charge is 2.31. The fourth-order valence-electron chi connectivity index (χ4n) is 3.14. The van der Waals surface area contributed by atoms with E-state index in [2.05, 4.69) is 4.90 Å². The van der Waals surface area contributed by atoms with Gasteiger partial charge in [0.25, 0.3) is 5.91 Å². The first kappa shape index (κ1) is 14.4. The summed E-state index contributed by atoms with van der Waals surface area (Å²) >= 11 is 0. The third kappa shape index (κ3) is 3.04. The number of hydrogen-bond donors (Lipinski definition) is 1. The van der Waals surface area contributed by atoms with Crippen molar-refractivity contribution < 1.29 is 14.6 Å². The highest BCUT2D eigenvalue weighted by Crippen LogP contribution is 2.22. The minimum atomic E-state index is 0.0638. The van der Waals surface area contributed by atoms with Gasteiger partial charge in [0.05, 0.1) is 13.2 Å². The van der Waals surface area contributed by atoms with Gasteiger partial charge in [0, 0.05) is 37.8 Å². The van der Waals surface area contributed by atoms with Crippen molar-refractivity contribution >= 4 is 5.91 Å². The molecule has 1 aromatic carbocycles. The van der Waals surface area contributed by atoms with Crippen molar-refractivity contribution in [2.75, 3.05) is 39.4 Å². The van der Waals surface area contributed by atoms with Crippen LogP contribution in [0.4, 0.5) is 0 Å². The van der Waals surface area contributed by atoms with E-state index in [1.54, 1.807) is 18.2 Å². The molecule has 21 heavy (non-hydrogen) atoms.